The van der Waals surface area contributed by atoms with Crippen LogP contribution in [0, 0.1) is 5.92 Å². The standard InChI is InChI=1S/C17H17NO5/c1-18(15(19)14(16(20)22-2)17(21)23-3)13-10-6-8-11-7-4-5-9-12(11)13/h4-10,14H,1-3H3. The summed E-state index contributed by atoms with van der Waals surface area (Å²) in [4.78, 5) is 37.4. The molecule has 0 aromatic heterocycles. The van der Waals surface area contributed by atoms with Crippen LogP contribution >= 0.6 is 0 Å². The third-order valence-electron chi connectivity index (χ3n) is 3.58. The highest BCUT2D eigenvalue weighted by atomic mass is 16.5. The lowest BCUT2D eigenvalue weighted by Gasteiger charge is -2.22. The van der Waals surface area contributed by atoms with Crippen LogP contribution < -0.4 is 4.90 Å². The Kier molecular flexibility index (Phi) is 4.95. The minimum absolute atomic E-state index is 0.589. The quantitative estimate of drug-likeness (QED) is 0.635. The summed E-state index contributed by atoms with van der Waals surface area (Å²) in [5, 5.41) is 1.77. The Morgan fingerprint density at radius 1 is 0.913 bits per heavy atom. The number of hydrogen-bond acceptors (Lipinski definition) is 5. The maximum absolute atomic E-state index is 12.6. The fraction of sp³-hybridized carbons (Fsp3) is 0.235. The van der Waals surface area contributed by atoms with Crippen molar-refractivity contribution in [2.75, 3.05) is 26.2 Å². The van der Waals surface area contributed by atoms with E-state index in [1.165, 1.54) is 11.9 Å². The molecule has 0 saturated carbocycles. The van der Waals surface area contributed by atoms with Gasteiger partial charge in [-0.2, -0.15) is 0 Å². The lowest BCUT2D eigenvalue weighted by atomic mass is 10.1. The highest BCUT2D eigenvalue weighted by molar-refractivity contribution is 6.20. The highest BCUT2D eigenvalue weighted by Crippen LogP contribution is 2.27. The van der Waals surface area contributed by atoms with Gasteiger partial charge in [-0.05, 0) is 11.5 Å². The Morgan fingerprint density at radius 3 is 2.09 bits per heavy atom. The average Bonchev–Trinajstić information content (AvgIpc) is 2.60. The fourth-order valence-corrected chi connectivity index (χ4v) is 2.35. The van der Waals surface area contributed by atoms with Crippen molar-refractivity contribution < 1.29 is 23.9 Å². The van der Waals surface area contributed by atoms with Gasteiger partial charge in [0.25, 0.3) is 5.91 Å². The van der Waals surface area contributed by atoms with Gasteiger partial charge in [0, 0.05) is 12.4 Å². The zero-order valence-corrected chi connectivity index (χ0v) is 13.1. The van der Waals surface area contributed by atoms with E-state index in [2.05, 4.69) is 9.47 Å². The molecule has 0 atom stereocenters. The van der Waals surface area contributed by atoms with Crippen LogP contribution in [-0.2, 0) is 23.9 Å². The number of esters is 2. The van der Waals surface area contributed by atoms with Crippen LogP contribution in [0.4, 0.5) is 5.69 Å². The lowest BCUT2D eigenvalue weighted by molar-refractivity contribution is -0.161. The molecular weight excluding hydrogens is 298 g/mol. The van der Waals surface area contributed by atoms with Crippen LogP contribution in [0.2, 0.25) is 0 Å². The summed E-state index contributed by atoms with van der Waals surface area (Å²) in [7, 11) is 3.73. The predicted octanol–water partition coefficient (Wildman–Crippen LogP) is 1.76. The molecule has 1 amide bonds. The molecule has 0 bridgehead atoms. The number of ether oxygens (including phenoxy) is 2. The molecule has 0 spiro atoms. The fourth-order valence-electron chi connectivity index (χ4n) is 2.35. The Labute approximate surface area is 133 Å². The SMILES string of the molecule is COC(=O)C(C(=O)OC)C(=O)N(C)c1cccc2ccccc12. The van der Waals surface area contributed by atoms with Crippen molar-refractivity contribution in [2.45, 2.75) is 0 Å². The van der Waals surface area contributed by atoms with Crippen molar-refractivity contribution in [2.24, 2.45) is 5.92 Å². The highest BCUT2D eigenvalue weighted by Gasteiger charge is 2.38. The van der Waals surface area contributed by atoms with Gasteiger partial charge in [-0.1, -0.05) is 36.4 Å². The summed E-state index contributed by atoms with van der Waals surface area (Å²) < 4.78 is 9.09. The largest absolute Gasteiger partial charge is 0.468 e. The molecule has 2 aromatic rings. The Morgan fingerprint density at radius 2 is 1.48 bits per heavy atom. The molecule has 0 N–H and O–H groups in total. The molecular formula is C17H17NO5. The minimum Gasteiger partial charge on any atom is -0.468 e. The smallest absolute Gasteiger partial charge is 0.329 e. The first-order valence-electron chi connectivity index (χ1n) is 6.92. The number of carbonyl (C=O) groups is 3. The number of hydrogen-bond donors (Lipinski definition) is 0. The van der Waals surface area contributed by atoms with Gasteiger partial charge in [0.05, 0.1) is 19.9 Å². The monoisotopic (exact) mass is 315 g/mol. The molecule has 23 heavy (non-hydrogen) atoms. The topological polar surface area (TPSA) is 72.9 Å². The van der Waals surface area contributed by atoms with Crippen molar-refractivity contribution >= 4 is 34.3 Å². The number of benzene rings is 2. The molecule has 0 aliphatic carbocycles. The van der Waals surface area contributed by atoms with Crippen molar-refractivity contribution in [3.05, 3.63) is 42.5 Å². The molecule has 0 radical (unpaired) electrons. The van der Waals surface area contributed by atoms with Crippen LogP contribution in [0.1, 0.15) is 0 Å². The molecule has 6 heteroatoms. The molecule has 0 fully saturated rings. The normalized spacial score (nSPS) is 10.4. The van der Waals surface area contributed by atoms with Crippen LogP contribution in [0.5, 0.6) is 0 Å². The molecule has 0 aliphatic heterocycles. The summed E-state index contributed by atoms with van der Waals surface area (Å²) >= 11 is 0. The van der Waals surface area contributed by atoms with E-state index in [1.54, 1.807) is 12.1 Å². The van der Waals surface area contributed by atoms with E-state index in [0.717, 1.165) is 25.0 Å². The van der Waals surface area contributed by atoms with Gasteiger partial charge in [-0.3, -0.25) is 14.4 Å². The minimum atomic E-state index is -1.64. The Balaban J connectivity index is 2.44. The molecule has 0 aliphatic rings. The second-order valence-electron chi connectivity index (χ2n) is 4.87. The van der Waals surface area contributed by atoms with E-state index < -0.39 is 23.8 Å². The number of anilines is 1. The van der Waals surface area contributed by atoms with Gasteiger partial charge in [0.15, 0.2) is 0 Å². The number of methoxy groups -OCH3 is 2. The third-order valence-corrected chi connectivity index (χ3v) is 3.58. The molecule has 0 unspecified atom stereocenters. The van der Waals surface area contributed by atoms with Crippen LogP contribution in [-0.4, -0.2) is 39.1 Å². The zero-order chi connectivity index (χ0) is 17.0. The first kappa shape index (κ1) is 16.5. The van der Waals surface area contributed by atoms with E-state index in [-0.39, 0.29) is 0 Å². The van der Waals surface area contributed by atoms with Gasteiger partial charge < -0.3 is 14.4 Å². The van der Waals surface area contributed by atoms with Crippen molar-refractivity contribution in [3.63, 3.8) is 0 Å². The van der Waals surface area contributed by atoms with E-state index in [1.807, 2.05) is 30.3 Å². The van der Waals surface area contributed by atoms with Crippen LogP contribution in [0.25, 0.3) is 10.8 Å². The number of rotatable bonds is 4. The average molecular weight is 315 g/mol. The Hall–Kier alpha value is -2.89. The molecule has 0 heterocycles. The second-order valence-corrected chi connectivity index (χ2v) is 4.87. The lowest BCUT2D eigenvalue weighted by Crippen LogP contribution is -2.42. The maximum Gasteiger partial charge on any atom is 0.329 e. The van der Waals surface area contributed by atoms with Crippen molar-refractivity contribution in [3.8, 4) is 0 Å². The molecule has 2 aromatic carbocycles. The summed E-state index contributed by atoms with van der Waals surface area (Å²) in [6, 6.07) is 13.0. The van der Waals surface area contributed by atoms with Crippen molar-refractivity contribution in [1.29, 1.82) is 0 Å². The predicted molar refractivity (Wildman–Crippen MR) is 84.9 cm³/mol. The number of carbonyl (C=O) groups excluding carboxylic acids is 3. The first-order chi connectivity index (χ1) is 11.0. The molecule has 120 valence electrons. The zero-order valence-electron chi connectivity index (χ0n) is 13.1. The summed E-state index contributed by atoms with van der Waals surface area (Å²) in [6.07, 6.45) is 0. The number of fused-ring (bicyclic) bond motifs is 1. The van der Waals surface area contributed by atoms with E-state index in [0.29, 0.717) is 5.69 Å². The molecule has 6 nitrogen and oxygen atoms in total. The summed E-state index contributed by atoms with van der Waals surface area (Å²) in [5.74, 6) is -4.25. The first-order valence-corrected chi connectivity index (χ1v) is 6.92. The third kappa shape index (κ3) is 3.15. The van der Waals surface area contributed by atoms with Gasteiger partial charge in [0.1, 0.15) is 0 Å². The van der Waals surface area contributed by atoms with Gasteiger partial charge in [-0.25, -0.2) is 0 Å². The number of nitrogens with zero attached hydrogens (tertiary/aromatic N) is 1. The van der Waals surface area contributed by atoms with Gasteiger partial charge >= 0.3 is 11.9 Å². The molecule has 0 saturated heterocycles. The van der Waals surface area contributed by atoms with Crippen LogP contribution in [0.15, 0.2) is 42.5 Å². The van der Waals surface area contributed by atoms with Crippen molar-refractivity contribution in [1.82, 2.24) is 0 Å². The van der Waals surface area contributed by atoms with E-state index in [4.69, 9.17) is 0 Å². The van der Waals surface area contributed by atoms with E-state index >= 15 is 0 Å². The second kappa shape index (κ2) is 6.91. The number of amides is 1. The summed E-state index contributed by atoms with van der Waals surface area (Å²) in [5.41, 5.74) is 0.589. The van der Waals surface area contributed by atoms with Gasteiger partial charge in [0.2, 0.25) is 5.92 Å². The molecule has 2 rings (SSSR count). The summed E-state index contributed by atoms with van der Waals surface area (Å²) in [6.45, 7) is 0. The maximum atomic E-state index is 12.6. The van der Waals surface area contributed by atoms with Gasteiger partial charge in [-0.15, -0.1) is 0 Å². The van der Waals surface area contributed by atoms with Crippen LogP contribution in [0.3, 0.4) is 0 Å². The van der Waals surface area contributed by atoms with E-state index in [9.17, 15) is 14.4 Å². The Bertz CT molecular complexity index is 734.